The number of allylic oxidation sites excluding steroid dienone is 2. The summed E-state index contributed by atoms with van der Waals surface area (Å²) in [5, 5.41) is 9.71. The number of hydrogen-bond donors (Lipinski definition) is 1. The minimum Gasteiger partial charge on any atom is -0.463 e. The fraction of sp³-hybridized carbons (Fsp3) is 0.400. The van der Waals surface area contributed by atoms with Crippen LogP contribution in [0.1, 0.15) is 25.3 Å². The Morgan fingerprint density at radius 1 is 1.43 bits per heavy atom. The minimum atomic E-state index is -0.883. The number of nitrogens with two attached hydrogens (primary N) is 1. The summed E-state index contributed by atoms with van der Waals surface area (Å²) >= 11 is 0. The number of morpholine rings is 1. The monoisotopic (exact) mass is 387 g/mol. The van der Waals surface area contributed by atoms with Gasteiger partial charge in [0, 0.05) is 18.8 Å². The Morgan fingerprint density at radius 3 is 2.79 bits per heavy atom. The van der Waals surface area contributed by atoms with E-state index in [2.05, 4.69) is 0 Å². The molecule has 2 aliphatic rings. The highest BCUT2D eigenvalue weighted by Gasteiger charge is 2.38. The number of esters is 1. The predicted molar refractivity (Wildman–Crippen MR) is 99.4 cm³/mol. The van der Waals surface area contributed by atoms with Crippen molar-refractivity contribution >= 4 is 11.7 Å². The number of halogens is 1. The van der Waals surface area contributed by atoms with E-state index in [1.54, 1.807) is 19.9 Å². The largest absolute Gasteiger partial charge is 0.463 e. The standard InChI is InChI=1S/C20H22FN3O4/c1-3-27-20(25)17-12(2)28-19(23)15(11-22)18(17)14-10-13(21)4-5-16(14)24-6-8-26-9-7-24/h4-5,10,18H,3,6-9,23H2,1-2H3. The molecule has 1 atom stereocenters. The van der Waals surface area contributed by atoms with Gasteiger partial charge in [-0.25, -0.2) is 9.18 Å². The zero-order chi connectivity index (χ0) is 20.3. The van der Waals surface area contributed by atoms with Crippen molar-refractivity contribution < 1.29 is 23.4 Å². The van der Waals surface area contributed by atoms with Gasteiger partial charge in [-0.15, -0.1) is 0 Å². The van der Waals surface area contributed by atoms with E-state index in [9.17, 15) is 14.4 Å². The van der Waals surface area contributed by atoms with Crippen LogP contribution in [0.5, 0.6) is 0 Å². The molecule has 0 saturated carbocycles. The smallest absolute Gasteiger partial charge is 0.338 e. The van der Waals surface area contributed by atoms with E-state index in [1.165, 1.54) is 12.1 Å². The second-order valence-electron chi connectivity index (χ2n) is 6.42. The van der Waals surface area contributed by atoms with Crippen LogP contribution >= 0.6 is 0 Å². The molecule has 1 fully saturated rings. The van der Waals surface area contributed by atoms with Crippen LogP contribution in [0.4, 0.5) is 10.1 Å². The van der Waals surface area contributed by atoms with Crippen LogP contribution in [0.3, 0.4) is 0 Å². The summed E-state index contributed by atoms with van der Waals surface area (Å²) in [6.07, 6.45) is 0. The molecular formula is C20H22FN3O4. The number of hydrogen-bond acceptors (Lipinski definition) is 7. The van der Waals surface area contributed by atoms with Gasteiger partial charge < -0.3 is 24.8 Å². The Hall–Kier alpha value is -3.05. The topological polar surface area (TPSA) is 97.8 Å². The van der Waals surface area contributed by atoms with Gasteiger partial charge in [0.2, 0.25) is 5.88 Å². The summed E-state index contributed by atoms with van der Waals surface area (Å²) in [5.74, 6) is -1.85. The molecule has 0 bridgehead atoms. The van der Waals surface area contributed by atoms with Crippen molar-refractivity contribution in [3.63, 3.8) is 0 Å². The molecule has 2 aliphatic heterocycles. The molecule has 28 heavy (non-hydrogen) atoms. The van der Waals surface area contributed by atoms with E-state index in [4.69, 9.17) is 19.9 Å². The van der Waals surface area contributed by atoms with Gasteiger partial charge in [-0.3, -0.25) is 0 Å². The van der Waals surface area contributed by atoms with Crippen molar-refractivity contribution in [2.24, 2.45) is 5.73 Å². The molecule has 8 heteroatoms. The average Bonchev–Trinajstić information content (AvgIpc) is 2.68. The summed E-state index contributed by atoms with van der Waals surface area (Å²) in [4.78, 5) is 14.7. The molecule has 3 rings (SSSR count). The Kier molecular flexibility index (Phi) is 5.85. The number of ether oxygens (including phenoxy) is 3. The van der Waals surface area contributed by atoms with Crippen LogP contribution in [-0.2, 0) is 19.0 Å². The first-order chi connectivity index (χ1) is 13.5. The number of carbonyl (C=O) groups excluding carboxylic acids is 1. The van der Waals surface area contributed by atoms with Crippen LogP contribution in [0.15, 0.2) is 41.0 Å². The first-order valence-electron chi connectivity index (χ1n) is 9.05. The Labute approximate surface area is 162 Å². The zero-order valence-corrected chi connectivity index (χ0v) is 15.8. The molecule has 1 aromatic carbocycles. The fourth-order valence-corrected chi connectivity index (χ4v) is 3.51. The van der Waals surface area contributed by atoms with Gasteiger partial charge >= 0.3 is 5.97 Å². The van der Waals surface area contributed by atoms with Crippen LogP contribution in [0.25, 0.3) is 0 Å². The van der Waals surface area contributed by atoms with Gasteiger partial charge in [-0.05, 0) is 37.6 Å². The third-order valence-electron chi connectivity index (χ3n) is 4.75. The lowest BCUT2D eigenvalue weighted by molar-refractivity contribution is -0.139. The van der Waals surface area contributed by atoms with Gasteiger partial charge in [-0.1, -0.05) is 0 Å². The average molecular weight is 387 g/mol. The van der Waals surface area contributed by atoms with Crippen molar-refractivity contribution in [2.75, 3.05) is 37.8 Å². The third-order valence-corrected chi connectivity index (χ3v) is 4.75. The summed E-state index contributed by atoms with van der Waals surface area (Å²) in [7, 11) is 0. The Bertz CT molecular complexity index is 882. The first-order valence-corrected chi connectivity index (χ1v) is 9.05. The van der Waals surface area contributed by atoms with Gasteiger partial charge in [-0.2, -0.15) is 5.26 Å². The number of carbonyl (C=O) groups is 1. The Balaban J connectivity index is 2.19. The zero-order valence-electron chi connectivity index (χ0n) is 15.8. The normalized spacial score (nSPS) is 19.9. The molecule has 2 heterocycles. The van der Waals surface area contributed by atoms with Crippen LogP contribution < -0.4 is 10.6 Å². The summed E-state index contributed by atoms with van der Waals surface area (Å²) in [5.41, 5.74) is 7.31. The molecule has 0 radical (unpaired) electrons. The maximum Gasteiger partial charge on any atom is 0.338 e. The molecule has 148 valence electrons. The number of nitrogens with zero attached hydrogens (tertiary/aromatic N) is 2. The first kappa shape index (κ1) is 19.7. The lowest BCUT2D eigenvalue weighted by Crippen LogP contribution is -2.37. The summed E-state index contributed by atoms with van der Waals surface area (Å²) in [6.45, 7) is 5.71. The lowest BCUT2D eigenvalue weighted by atomic mass is 9.82. The second-order valence-corrected chi connectivity index (χ2v) is 6.42. The third kappa shape index (κ3) is 3.66. The van der Waals surface area contributed by atoms with Gasteiger partial charge in [0.05, 0.1) is 31.3 Å². The SMILES string of the molecule is CCOC(=O)C1=C(C)OC(N)=C(C#N)C1c1cc(F)ccc1N1CCOCC1. The van der Waals surface area contributed by atoms with Crippen molar-refractivity contribution in [1.29, 1.82) is 5.26 Å². The van der Waals surface area contributed by atoms with Gasteiger partial charge in [0.1, 0.15) is 23.2 Å². The van der Waals surface area contributed by atoms with Crippen molar-refractivity contribution in [1.82, 2.24) is 0 Å². The van der Waals surface area contributed by atoms with Crippen molar-refractivity contribution in [3.05, 3.63) is 52.4 Å². The van der Waals surface area contributed by atoms with E-state index in [1.807, 2.05) is 11.0 Å². The van der Waals surface area contributed by atoms with E-state index in [0.29, 0.717) is 37.6 Å². The summed E-state index contributed by atoms with van der Waals surface area (Å²) < 4.78 is 30.2. The van der Waals surface area contributed by atoms with E-state index in [-0.39, 0.29) is 29.4 Å². The predicted octanol–water partition coefficient (Wildman–Crippen LogP) is 2.31. The maximum absolute atomic E-state index is 14.2. The highest BCUT2D eigenvalue weighted by Crippen LogP contribution is 2.43. The second kappa shape index (κ2) is 8.31. The van der Waals surface area contributed by atoms with E-state index < -0.39 is 17.7 Å². The lowest BCUT2D eigenvalue weighted by Gasteiger charge is -2.34. The van der Waals surface area contributed by atoms with Crippen LogP contribution in [0, 0.1) is 17.1 Å². The molecular weight excluding hydrogens is 365 g/mol. The summed E-state index contributed by atoms with van der Waals surface area (Å²) in [6, 6.07) is 6.35. The maximum atomic E-state index is 14.2. The van der Waals surface area contributed by atoms with Gasteiger partial charge in [0.15, 0.2) is 0 Å². The molecule has 1 aromatic rings. The highest BCUT2D eigenvalue weighted by molar-refractivity contribution is 5.93. The van der Waals surface area contributed by atoms with Crippen LogP contribution in [-0.4, -0.2) is 38.9 Å². The molecule has 7 nitrogen and oxygen atoms in total. The van der Waals surface area contributed by atoms with E-state index >= 15 is 0 Å². The Morgan fingerprint density at radius 2 is 2.14 bits per heavy atom. The van der Waals surface area contributed by atoms with E-state index in [0.717, 1.165) is 0 Å². The number of nitriles is 1. The molecule has 2 N–H and O–H groups in total. The number of anilines is 1. The number of benzene rings is 1. The molecule has 0 aromatic heterocycles. The molecule has 0 amide bonds. The van der Waals surface area contributed by atoms with Crippen molar-refractivity contribution in [2.45, 2.75) is 19.8 Å². The highest BCUT2D eigenvalue weighted by atomic mass is 19.1. The molecule has 1 saturated heterocycles. The fourth-order valence-electron chi connectivity index (χ4n) is 3.51. The van der Waals surface area contributed by atoms with Crippen LogP contribution in [0.2, 0.25) is 0 Å². The molecule has 0 aliphatic carbocycles. The van der Waals surface area contributed by atoms with Gasteiger partial charge in [0.25, 0.3) is 0 Å². The quantitative estimate of drug-likeness (QED) is 0.792. The minimum absolute atomic E-state index is 0.0498. The number of rotatable bonds is 4. The molecule has 1 unspecified atom stereocenters. The van der Waals surface area contributed by atoms with Crippen molar-refractivity contribution in [3.8, 4) is 6.07 Å². The molecule has 0 spiro atoms.